The molecule has 2 aromatic carbocycles. The smallest absolute Gasteiger partial charge is 0.257 e. The lowest BCUT2D eigenvalue weighted by Crippen LogP contribution is -2.13. The summed E-state index contributed by atoms with van der Waals surface area (Å²) in [6.07, 6.45) is 4.37. The second kappa shape index (κ2) is 8.17. The maximum atomic E-state index is 14.0. The van der Waals surface area contributed by atoms with E-state index < -0.39 is 17.5 Å². The highest BCUT2D eigenvalue weighted by Crippen LogP contribution is 2.29. The van der Waals surface area contributed by atoms with Crippen molar-refractivity contribution in [3.63, 3.8) is 0 Å². The number of anilines is 1. The van der Waals surface area contributed by atoms with Crippen molar-refractivity contribution in [2.24, 2.45) is 0 Å². The number of pyridine rings is 1. The van der Waals surface area contributed by atoms with Crippen molar-refractivity contribution in [2.45, 2.75) is 0 Å². The zero-order chi connectivity index (χ0) is 21.3. The molecular weight excluding hydrogens is 435 g/mol. The Labute approximate surface area is 179 Å². The maximum absolute atomic E-state index is 14.0. The Kier molecular flexibility index (Phi) is 5.43. The number of carbonyl (C=O) groups is 1. The summed E-state index contributed by atoms with van der Waals surface area (Å²) in [5, 5.41) is 10.9. The Balaban J connectivity index is 1.56. The number of halogens is 4. The molecule has 0 aliphatic heterocycles. The summed E-state index contributed by atoms with van der Waals surface area (Å²) in [6, 6.07) is 9.14. The van der Waals surface area contributed by atoms with Gasteiger partial charge in [0.05, 0.1) is 39.9 Å². The largest absolute Gasteiger partial charge is 0.320 e. The zero-order valence-electron chi connectivity index (χ0n) is 15.0. The number of rotatable bonds is 4. The minimum atomic E-state index is -0.726. The van der Waals surface area contributed by atoms with Gasteiger partial charge in [-0.1, -0.05) is 29.3 Å². The molecule has 4 aromatic rings. The van der Waals surface area contributed by atoms with E-state index in [4.69, 9.17) is 23.2 Å². The second-order valence-corrected chi connectivity index (χ2v) is 6.94. The summed E-state index contributed by atoms with van der Waals surface area (Å²) in [5.74, 6) is -1.60. The first kappa shape index (κ1) is 19.9. The highest BCUT2D eigenvalue weighted by Gasteiger charge is 2.15. The Morgan fingerprint density at radius 2 is 1.73 bits per heavy atom. The lowest BCUT2D eigenvalue weighted by molar-refractivity contribution is 0.102. The number of aromatic nitrogens is 4. The van der Waals surface area contributed by atoms with E-state index in [9.17, 15) is 13.6 Å². The van der Waals surface area contributed by atoms with E-state index in [2.05, 4.69) is 20.5 Å². The Morgan fingerprint density at radius 1 is 0.967 bits per heavy atom. The number of carbonyl (C=O) groups excluding carboxylic acids is 1. The molecule has 150 valence electrons. The first-order valence-electron chi connectivity index (χ1n) is 8.51. The molecule has 0 atom stereocenters. The third-order valence-electron chi connectivity index (χ3n) is 4.14. The van der Waals surface area contributed by atoms with Gasteiger partial charge in [0.15, 0.2) is 5.82 Å². The standard InChI is InChI=1S/C20H11Cl2F2N5O/c21-16-7-11(14-4-2-12(23)8-18(14)24)1-3-15(16)20(30)28-13-9-17(22)19(25-10-13)29-26-5-6-27-29/h1-10H,(H,28,30). The van der Waals surface area contributed by atoms with E-state index in [0.29, 0.717) is 17.1 Å². The minimum absolute atomic E-state index is 0.102. The summed E-state index contributed by atoms with van der Waals surface area (Å²) in [7, 11) is 0. The van der Waals surface area contributed by atoms with Gasteiger partial charge in [0.2, 0.25) is 0 Å². The summed E-state index contributed by atoms with van der Waals surface area (Å²) in [5.41, 5.74) is 1.08. The molecule has 0 fully saturated rings. The predicted molar refractivity (Wildman–Crippen MR) is 109 cm³/mol. The van der Waals surface area contributed by atoms with Crippen molar-refractivity contribution in [1.29, 1.82) is 0 Å². The van der Waals surface area contributed by atoms with Crippen LogP contribution >= 0.6 is 23.2 Å². The van der Waals surface area contributed by atoms with Crippen LogP contribution in [-0.2, 0) is 0 Å². The molecule has 0 saturated carbocycles. The quantitative estimate of drug-likeness (QED) is 0.470. The molecule has 2 aromatic heterocycles. The summed E-state index contributed by atoms with van der Waals surface area (Å²) in [6.45, 7) is 0. The molecule has 0 saturated heterocycles. The lowest BCUT2D eigenvalue weighted by atomic mass is 10.0. The van der Waals surface area contributed by atoms with Crippen molar-refractivity contribution in [3.05, 3.63) is 88.3 Å². The third-order valence-corrected chi connectivity index (χ3v) is 4.73. The van der Waals surface area contributed by atoms with E-state index in [1.54, 1.807) is 0 Å². The van der Waals surface area contributed by atoms with Crippen molar-refractivity contribution in [2.75, 3.05) is 5.32 Å². The van der Waals surface area contributed by atoms with Gasteiger partial charge >= 0.3 is 0 Å². The van der Waals surface area contributed by atoms with Crippen LogP contribution in [0, 0.1) is 11.6 Å². The third kappa shape index (κ3) is 4.00. The van der Waals surface area contributed by atoms with E-state index >= 15 is 0 Å². The molecule has 10 heteroatoms. The van der Waals surface area contributed by atoms with Gasteiger partial charge in [0, 0.05) is 11.6 Å². The van der Waals surface area contributed by atoms with Crippen LogP contribution in [0.25, 0.3) is 16.9 Å². The number of nitrogens with zero attached hydrogens (tertiary/aromatic N) is 4. The fourth-order valence-corrected chi connectivity index (χ4v) is 3.27. The molecule has 0 radical (unpaired) electrons. The van der Waals surface area contributed by atoms with Crippen molar-refractivity contribution < 1.29 is 13.6 Å². The first-order chi connectivity index (χ1) is 14.4. The molecule has 0 aliphatic rings. The van der Waals surface area contributed by atoms with Crippen LogP contribution in [0.15, 0.2) is 61.1 Å². The second-order valence-electron chi connectivity index (χ2n) is 6.12. The molecule has 1 amide bonds. The Bertz CT molecular complexity index is 1250. The average molecular weight is 446 g/mol. The lowest BCUT2D eigenvalue weighted by Gasteiger charge is -2.10. The first-order valence-corrected chi connectivity index (χ1v) is 9.26. The van der Waals surface area contributed by atoms with Crippen molar-refractivity contribution >= 4 is 34.8 Å². The summed E-state index contributed by atoms with van der Waals surface area (Å²) in [4.78, 5) is 18.0. The van der Waals surface area contributed by atoms with Crippen LogP contribution in [-0.4, -0.2) is 25.9 Å². The Hall–Kier alpha value is -3.36. The number of nitrogens with one attached hydrogen (secondary N) is 1. The Morgan fingerprint density at radius 3 is 2.40 bits per heavy atom. The molecule has 1 N–H and O–H groups in total. The molecule has 4 rings (SSSR count). The van der Waals surface area contributed by atoms with E-state index in [1.807, 2.05) is 0 Å². The van der Waals surface area contributed by atoms with Gasteiger partial charge in [-0.3, -0.25) is 4.79 Å². The van der Waals surface area contributed by atoms with Gasteiger partial charge in [-0.25, -0.2) is 13.8 Å². The highest BCUT2D eigenvalue weighted by atomic mass is 35.5. The SMILES string of the molecule is O=C(Nc1cnc(-n2nccn2)c(Cl)c1)c1ccc(-c2ccc(F)cc2F)cc1Cl. The van der Waals surface area contributed by atoms with Gasteiger partial charge in [-0.2, -0.15) is 10.2 Å². The van der Waals surface area contributed by atoms with E-state index in [1.165, 1.54) is 53.7 Å². The van der Waals surface area contributed by atoms with Crippen LogP contribution in [0.4, 0.5) is 14.5 Å². The van der Waals surface area contributed by atoms with Crippen LogP contribution in [0.3, 0.4) is 0 Å². The van der Waals surface area contributed by atoms with Crippen molar-refractivity contribution in [1.82, 2.24) is 20.0 Å². The molecule has 6 nitrogen and oxygen atoms in total. The molecule has 0 spiro atoms. The van der Waals surface area contributed by atoms with Gasteiger partial charge in [0.25, 0.3) is 5.91 Å². The normalized spacial score (nSPS) is 10.8. The van der Waals surface area contributed by atoms with Crippen LogP contribution < -0.4 is 5.32 Å². The highest BCUT2D eigenvalue weighted by molar-refractivity contribution is 6.35. The number of hydrogen-bond acceptors (Lipinski definition) is 4. The molecule has 0 bridgehead atoms. The summed E-state index contributed by atoms with van der Waals surface area (Å²) < 4.78 is 27.1. The zero-order valence-corrected chi connectivity index (χ0v) is 16.5. The molecule has 30 heavy (non-hydrogen) atoms. The monoisotopic (exact) mass is 445 g/mol. The fourth-order valence-electron chi connectivity index (χ4n) is 2.76. The number of hydrogen-bond donors (Lipinski definition) is 1. The topological polar surface area (TPSA) is 72.7 Å². The minimum Gasteiger partial charge on any atom is -0.320 e. The van der Waals surface area contributed by atoms with Gasteiger partial charge in [0.1, 0.15) is 11.6 Å². The van der Waals surface area contributed by atoms with Gasteiger partial charge in [-0.15, -0.1) is 4.80 Å². The van der Waals surface area contributed by atoms with Crippen molar-refractivity contribution in [3.8, 4) is 16.9 Å². The van der Waals surface area contributed by atoms with E-state index in [0.717, 1.165) is 12.1 Å². The van der Waals surface area contributed by atoms with E-state index in [-0.39, 0.29) is 21.2 Å². The number of amides is 1. The van der Waals surface area contributed by atoms with Crippen LogP contribution in [0.5, 0.6) is 0 Å². The fraction of sp³-hybridized carbons (Fsp3) is 0. The molecule has 2 heterocycles. The van der Waals surface area contributed by atoms with Gasteiger partial charge < -0.3 is 5.32 Å². The van der Waals surface area contributed by atoms with Crippen LogP contribution in [0.2, 0.25) is 10.0 Å². The van der Waals surface area contributed by atoms with Gasteiger partial charge in [-0.05, 0) is 35.9 Å². The summed E-state index contributed by atoms with van der Waals surface area (Å²) >= 11 is 12.4. The average Bonchev–Trinajstić information content (AvgIpc) is 3.22. The molecular formula is C20H11Cl2F2N5O. The molecule has 0 unspecified atom stereocenters. The molecule has 0 aliphatic carbocycles. The van der Waals surface area contributed by atoms with Crippen LogP contribution in [0.1, 0.15) is 10.4 Å². The number of benzene rings is 2. The predicted octanol–water partition coefficient (Wildman–Crippen LogP) is 5.17. The maximum Gasteiger partial charge on any atom is 0.257 e.